The average Bonchev–Trinajstić information content (AvgIpc) is 2.87. The zero-order chi connectivity index (χ0) is 13.5. The van der Waals surface area contributed by atoms with E-state index in [0.717, 1.165) is 12.2 Å². The van der Waals surface area contributed by atoms with Crippen molar-refractivity contribution in [3.63, 3.8) is 0 Å². The van der Waals surface area contributed by atoms with Crippen LogP contribution in [0.5, 0.6) is 5.88 Å². The van der Waals surface area contributed by atoms with E-state index >= 15 is 0 Å². The Kier molecular flexibility index (Phi) is 4.68. The number of hydrogen-bond donors (Lipinski definition) is 2. The standard InChI is InChI=1S/C12H17N5O2/c1-3-13-8-11-16-17-12(19-11)15-9-5-6-10(14-7-9)18-4-2/h5-7,13H,3-4,8H2,1-2H3,(H,15,17). The van der Waals surface area contributed by atoms with Gasteiger partial charge in [0.05, 0.1) is 25.0 Å². The fraction of sp³-hybridized carbons (Fsp3) is 0.417. The highest BCUT2D eigenvalue weighted by Crippen LogP contribution is 2.16. The third-order valence-corrected chi connectivity index (χ3v) is 2.27. The van der Waals surface area contributed by atoms with E-state index in [1.807, 2.05) is 19.9 Å². The number of nitrogens with zero attached hydrogens (tertiary/aromatic N) is 3. The van der Waals surface area contributed by atoms with Crippen molar-refractivity contribution >= 4 is 11.7 Å². The summed E-state index contributed by atoms with van der Waals surface area (Å²) in [7, 11) is 0. The molecule has 0 bridgehead atoms. The molecule has 0 aliphatic heterocycles. The number of aromatic nitrogens is 3. The van der Waals surface area contributed by atoms with Crippen LogP contribution >= 0.6 is 0 Å². The first-order valence-corrected chi connectivity index (χ1v) is 6.20. The van der Waals surface area contributed by atoms with Gasteiger partial charge in [-0.1, -0.05) is 12.0 Å². The summed E-state index contributed by atoms with van der Waals surface area (Å²) in [5, 5.41) is 13.9. The van der Waals surface area contributed by atoms with Gasteiger partial charge in [0.1, 0.15) is 0 Å². The number of anilines is 2. The van der Waals surface area contributed by atoms with E-state index in [0.29, 0.717) is 30.9 Å². The van der Waals surface area contributed by atoms with Gasteiger partial charge < -0.3 is 19.8 Å². The van der Waals surface area contributed by atoms with Gasteiger partial charge in [-0.05, 0) is 19.5 Å². The summed E-state index contributed by atoms with van der Waals surface area (Å²) in [4.78, 5) is 4.13. The van der Waals surface area contributed by atoms with Crippen LogP contribution in [0.25, 0.3) is 0 Å². The quantitative estimate of drug-likeness (QED) is 0.786. The van der Waals surface area contributed by atoms with Crippen LogP contribution in [-0.4, -0.2) is 28.3 Å². The first kappa shape index (κ1) is 13.3. The lowest BCUT2D eigenvalue weighted by molar-refractivity contribution is 0.327. The van der Waals surface area contributed by atoms with Crippen molar-refractivity contribution in [2.24, 2.45) is 0 Å². The maximum Gasteiger partial charge on any atom is 0.320 e. The average molecular weight is 263 g/mol. The third kappa shape index (κ3) is 3.92. The number of hydrogen-bond acceptors (Lipinski definition) is 7. The fourth-order valence-electron chi connectivity index (χ4n) is 1.42. The second-order valence-electron chi connectivity index (χ2n) is 3.72. The molecule has 0 unspecified atom stereocenters. The van der Waals surface area contributed by atoms with Gasteiger partial charge in [-0.2, -0.15) is 0 Å². The van der Waals surface area contributed by atoms with Gasteiger partial charge in [0, 0.05) is 6.07 Å². The van der Waals surface area contributed by atoms with E-state index in [2.05, 4.69) is 25.8 Å². The Morgan fingerprint density at radius 3 is 2.84 bits per heavy atom. The summed E-state index contributed by atoms with van der Waals surface area (Å²) in [6.07, 6.45) is 1.65. The molecule has 2 rings (SSSR count). The van der Waals surface area contributed by atoms with Crippen LogP contribution in [0, 0.1) is 0 Å². The summed E-state index contributed by atoms with van der Waals surface area (Å²) in [5.41, 5.74) is 0.766. The van der Waals surface area contributed by atoms with E-state index in [1.54, 1.807) is 12.3 Å². The SMILES string of the molecule is CCNCc1nnc(Nc2ccc(OCC)nc2)o1. The smallest absolute Gasteiger partial charge is 0.320 e. The van der Waals surface area contributed by atoms with Crippen molar-refractivity contribution in [1.29, 1.82) is 0 Å². The Balaban J connectivity index is 1.94. The largest absolute Gasteiger partial charge is 0.478 e. The molecule has 2 N–H and O–H groups in total. The molecule has 0 fully saturated rings. The van der Waals surface area contributed by atoms with Crippen molar-refractivity contribution in [2.45, 2.75) is 20.4 Å². The Morgan fingerprint density at radius 1 is 1.26 bits per heavy atom. The van der Waals surface area contributed by atoms with E-state index in [4.69, 9.17) is 9.15 Å². The highest BCUT2D eigenvalue weighted by atomic mass is 16.5. The minimum Gasteiger partial charge on any atom is -0.478 e. The minimum absolute atomic E-state index is 0.346. The van der Waals surface area contributed by atoms with Crippen LogP contribution in [0.1, 0.15) is 19.7 Å². The van der Waals surface area contributed by atoms with Gasteiger partial charge in [-0.25, -0.2) is 4.98 Å². The molecule has 0 radical (unpaired) electrons. The summed E-state index contributed by atoms with van der Waals surface area (Å²) < 4.78 is 10.7. The van der Waals surface area contributed by atoms with Crippen LogP contribution in [0.15, 0.2) is 22.7 Å². The summed E-state index contributed by atoms with van der Waals surface area (Å²) in [6, 6.07) is 3.97. The summed E-state index contributed by atoms with van der Waals surface area (Å²) in [5.74, 6) is 1.13. The molecule has 0 amide bonds. The predicted octanol–water partition coefficient (Wildman–Crippen LogP) is 1.72. The molecule has 0 aliphatic carbocycles. The molecule has 7 nitrogen and oxygen atoms in total. The fourth-order valence-corrected chi connectivity index (χ4v) is 1.42. The predicted molar refractivity (Wildman–Crippen MR) is 70.4 cm³/mol. The summed E-state index contributed by atoms with van der Waals surface area (Å²) >= 11 is 0. The van der Waals surface area contributed by atoms with Crippen LogP contribution in [-0.2, 0) is 6.54 Å². The van der Waals surface area contributed by atoms with E-state index in [1.165, 1.54) is 0 Å². The number of ether oxygens (including phenoxy) is 1. The second kappa shape index (κ2) is 6.69. The first-order chi connectivity index (χ1) is 9.31. The Hall–Kier alpha value is -2.15. The highest BCUT2D eigenvalue weighted by molar-refractivity contribution is 5.50. The number of pyridine rings is 1. The van der Waals surface area contributed by atoms with E-state index in [9.17, 15) is 0 Å². The molecule has 2 heterocycles. The molecule has 0 spiro atoms. The molecular formula is C12H17N5O2. The molecule has 0 atom stereocenters. The molecule has 19 heavy (non-hydrogen) atoms. The number of rotatable bonds is 7. The van der Waals surface area contributed by atoms with Gasteiger partial charge in [-0.3, -0.25) is 0 Å². The molecule has 0 saturated carbocycles. The van der Waals surface area contributed by atoms with E-state index in [-0.39, 0.29) is 0 Å². The lowest BCUT2D eigenvalue weighted by Crippen LogP contribution is -2.11. The zero-order valence-electron chi connectivity index (χ0n) is 11.0. The monoisotopic (exact) mass is 263 g/mol. The van der Waals surface area contributed by atoms with Gasteiger partial charge >= 0.3 is 6.01 Å². The van der Waals surface area contributed by atoms with Crippen LogP contribution in [0.2, 0.25) is 0 Å². The van der Waals surface area contributed by atoms with Gasteiger partial charge in [0.15, 0.2) is 0 Å². The van der Waals surface area contributed by atoms with Crippen LogP contribution in [0.4, 0.5) is 11.7 Å². The normalized spacial score (nSPS) is 10.4. The molecular weight excluding hydrogens is 246 g/mol. The first-order valence-electron chi connectivity index (χ1n) is 6.20. The van der Waals surface area contributed by atoms with Gasteiger partial charge in [0.25, 0.3) is 0 Å². The number of nitrogens with one attached hydrogen (secondary N) is 2. The zero-order valence-corrected chi connectivity index (χ0v) is 11.0. The minimum atomic E-state index is 0.346. The molecule has 7 heteroatoms. The lowest BCUT2D eigenvalue weighted by atomic mass is 10.4. The maximum atomic E-state index is 5.41. The van der Waals surface area contributed by atoms with Crippen molar-refractivity contribution in [2.75, 3.05) is 18.5 Å². The topological polar surface area (TPSA) is 85.1 Å². The van der Waals surface area contributed by atoms with Crippen molar-refractivity contribution in [1.82, 2.24) is 20.5 Å². The van der Waals surface area contributed by atoms with Crippen molar-refractivity contribution in [3.05, 3.63) is 24.2 Å². The highest BCUT2D eigenvalue weighted by Gasteiger charge is 2.05. The van der Waals surface area contributed by atoms with Gasteiger partial charge in [-0.15, -0.1) is 5.10 Å². The van der Waals surface area contributed by atoms with Crippen LogP contribution < -0.4 is 15.4 Å². The molecule has 0 aromatic carbocycles. The third-order valence-electron chi connectivity index (χ3n) is 2.27. The lowest BCUT2D eigenvalue weighted by Gasteiger charge is -2.03. The Morgan fingerprint density at radius 2 is 2.16 bits per heavy atom. The summed E-state index contributed by atoms with van der Waals surface area (Å²) in [6.45, 7) is 5.94. The van der Waals surface area contributed by atoms with Gasteiger partial charge in [0.2, 0.25) is 11.8 Å². The Labute approximate surface area is 111 Å². The molecule has 102 valence electrons. The second-order valence-corrected chi connectivity index (χ2v) is 3.72. The van der Waals surface area contributed by atoms with Crippen molar-refractivity contribution in [3.8, 4) is 5.88 Å². The molecule has 0 saturated heterocycles. The molecule has 0 aliphatic rings. The molecule has 2 aromatic heterocycles. The van der Waals surface area contributed by atoms with Crippen LogP contribution in [0.3, 0.4) is 0 Å². The maximum absolute atomic E-state index is 5.41. The Bertz CT molecular complexity index is 497. The van der Waals surface area contributed by atoms with Crippen molar-refractivity contribution < 1.29 is 9.15 Å². The molecule has 2 aromatic rings. The van der Waals surface area contributed by atoms with E-state index < -0.39 is 0 Å².